The lowest BCUT2D eigenvalue weighted by Crippen LogP contribution is -2.33. The first-order valence-corrected chi connectivity index (χ1v) is 10.1. The van der Waals surface area contributed by atoms with E-state index in [9.17, 15) is 9.59 Å². The van der Waals surface area contributed by atoms with E-state index in [0.717, 1.165) is 26.4 Å². The summed E-state index contributed by atoms with van der Waals surface area (Å²) < 4.78 is 1.95. The van der Waals surface area contributed by atoms with Gasteiger partial charge in [0.15, 0.2) is 5.52 Å². The summed E-state index contributed by atoms with van der Waals surface area (Å²) in [7, 11) is 0. The number of fused-ring (bicyclic) bond motifs is 1. The summed E-state index contributed by atoms with van der Waals surface area (Å²) in [5.41, 5.74) is 3.69. The van der Waals surface area contributed by atoms with Crippen molar-refractivity contribution in [3.05, 3.63) is 81.1 Å². The largest absolute Gasteiger partial charge is 0.350 e. The first kappa shape index (κ1) is 19.0. The van der Waals surface area contributed by atoms with Crippen molar-refractivity contribution in [3.63, 3.8) is 0 Å². The van der Waals surface area contributed by atoms with Gasteiger partial charge in [0.1, 0.15) is 12.2 Å². The van der Waals surface area contributed by atoms with Gasteiger partial charge in [-0.05, 0) is 19.4 Å². The Kier molecular flexibility index (Phi) is 5.22. The van der Waals surface area contributed by atoms with Gasteiger partial charge in [0.05, 0.1) is 9.71 Å². The van der Waals surface area contributed by atoms with E-state index in [1.807, 2.05) is 68.4 Å². The van der Waals surface area contributed by atoms with Crippen LogP contribution in [-0.2, 0) is 17.9 Å². The number of carbonyl (C=O) groups excluding carboxylic acids is 1. The van der Waals surface area contributed by atoms with E-state index in [4.69, 9.17) is 0 Å². The van der Waals surface area contributed by atoms with Gasteiger partial charge >= 0.3 is 0 Å². The summed E-state index contributed by atoms with van der Waals surface area (Å²) >= 11 is 1.44. The molecule has 29 heavy (non-hydrogen) atoms. The molecule has 0 aliphatic rings. The van der Waals surface area contributed by atoms with Crippen LogP contribution in [-0.4, -0.2) is 20.7 Å². The van der Waals surface area contributed by atoms with Crippen LogP contribution in [0.5, 0.6) is 0 Å². The second kappa shape index (κ2) is 7.97. The minimum atomic E-state index is -0.352. The van der Waals surface area contributed by atoms with Crippen molar-refractivity contribution in [1.29, 1.82) is 0 Å². The third-order valence-corrected chi connectivity index (χ3v) is 5.54. The normalized spacial score (nSPS) is 11.0. The van der Waals surface area contributed by atoms with Gasteiger partial charge in [-0.15, -0.1) is 11.3 Å². The zero-order chi connectivity index (χ0) is 20.4. The molecule has 6 nitrogen and oxygen atoms in total. The lowest BCUT2D eigenvalue weighted by Gasteiger charge is -2.09. The molecule has 2 aromatic heterocycles. The highest BCUT2D eigenvalue weighted by Gasteiger charge is 2.17. The molecule has 0 bridgehead atoms. The number of hydrogen-bond donors (Lipinski definition) is 1. The molecule has 0 radical (unpaired) electrons. The zero-order valence-electron chi connectivity index (χ0n) is 16.2. The van der Waals surface area contributed by atoms with Crippen molar-refractivity contribution in [1.82, 2.24) is 20.1 Å². The molecular weight excluding hydrogens is 384 g/mol. The van der Waals surface area contributed by atoms with E-state index < -0.39 is 0 Å². The average Bonchev–Trinajstić information content (AvgIpc) is 3.12. The second-order valence-corrected chi connectivity index (χ2v) is 8.05. The first-order valence-electron chi connectivity index (χ1n) is 9.27. The Morgan fingerprint density at radius 2 is 1.79 bits per heavy atom. The van der Waals surface area contributed by atoms with Crippen molar-refractivity contribution in [3.8, 4) is 11.3 Å². The molecule has 146 valence electrons. The maximum Gasteiger partial charge on any atom is 0.294 e. The van der Waals surface area contributed by atoms with Gasteiger partial charge in [-0.25, -0.2) is 9.67 Å². The Labute approximate surface area is 171 Å². The zero-order valence-corrected chi connectivity index (χ0v) is 17.0. The van der Waals surface area contributed by atoms with Crippen molar-refractivity contribution in [2.45, 2.75) is 26.9 Å². The summed E-state index contributed by atoms with van der Waals surface area (Å²) in [6.07, 6.45) is 0. The molecule has 0 spiro atoms. The highest BCUT2D eigenvalue weighted by molar-refractivity contribution is 7.19. The van der Waals surface area contributed by atoms with E-state index in [1.165, 1.54) is 16.0 Å². The number of aryl methyl sites for hydroxylation is 2. The Morgan fingerprint density at radius 1 is 1.07 bits per heavy atom. The summed E-state index contributed by atoms with van der Waals surface area (Å²) in [4.78, 5) is 29.7. The van der Waals surface area contributed by atoms with Crippen LogP contribution in [0.4, 0.5) is 0 Å². The SMILES string of the molecule is Cc1ccc(-c2nn(CC(=O)NCc3ccccc3)c(=O)c3nc(C)sc23)cc1. The predicted molar refractivity (Wildman–Crippen MR) is 115 cm³/mol. The third-order valence-electron chi connectivity index (χ3n) is 4.56. The van der Waals surface area contributed by atoms with E-state index in [-0.39, 0.29) is 18.0 Å². The van der Waals surface area contributed by atoms with E-state index in [1.54, 1.807) is 0 Å². The van der Waals surface area contributed by atoms with Gasteiger partial charge in [0.25, 0.3) is 5.56 Å². The number of nitrogens with one attached hydrogen (secondary N) is 1. The number of amides is 1. The number of thiazole rings is 1. The van der Waals surface area contributed by atoms with Crippen LogP contribution in [0.25, 0.3) is 21.5 Å². The van der Waals surface area contributed by atoms with Gasteiger partial charge in [-0.2, -0.15) is 5.10 Å². The average molecular weight is 404 g/mol. The lowest BCUT2D eigenvalue weighted by atomic mass is 10.1. The van der Waals surface area contributed by atoms with Crippen LogP contribution >= 0.6 is 11.3 Å². The summed E-state index contributed by atoms with van der Waals surface area (Å²) in [6, 6.07) is 17.6. The molecular formula is C22H20N4O2S. The van der Waals surface area contributed by atoms with Gasteiger partial charge in [-0.1, -0.05) is 60.2 Å². The maximum atomic E-state index is 12.9. The molecule has 0 unspecified atom stereocenters. The minimum Gasteiger partial charge on any atom is -0.350 e. The lowest BCUT2D eigenvalue weighted by molar-refractivity contribution is -0.122. The van der Waals surface area contributed by atoms with Crippen LogP contribution in [0.2, 0.25) is 0 Å². The van der Waals surface area contributed by atoms with Crippen molar-refractivity contribution in [2.75, 3.05) is 0 Å². The van der Waals surface area contributed by atoms with Gasteiger partial charge in [0.2, 0.25) is 5.91 Å². The second-order valence-electron chi connectivity index (χ2n) is 6.85. The fraction of sp³-hybridized carbons (Fsp3) is 0.182. The highest BCUT2D eigenvalue weighted by Crippen LogP contribution is 2.29. The Morgan fingerprint density at radius 3 is 2.52 bits per heavy atom. The van der Waals surface area contributed by atoms with Crippen LogP contribution in [0.3, 0.4) is 0 Å². The fourth-order valence-electron chi connectivity index (χ4n) is 3.06. The number of aromatic nitrogens is 3. The standard InChI is InChI=1S/C22H20N4O2S/c1-14-8-10-17(11-9-14)19-21-20(24-15(2)29-21)22(28)26(25-19)13-18(27)23-12-16-6-4-3-5-7-16/h3-11H,12-13H2,1-2H3,(H,23,27). The number of nitrogens with zero attached hydrogens (tertiary/aromatic N) is 3. The summed E-state index contributed by atoms with van der Waals surface area (Å²) in [6.45, 7) is 4.12. The van der Waals surface area contributed by atoms with Gasteiger partial charge < -0.3 is 5.32 Å². The molecule has 7 heteroatoms. The van der Waals surface area contributed by atoms with Crippen LogP contribution in [0.15, 0.2) is 59.4 Å². The molecule has 0 fully saturated rings. The molecule has 2 heterocycles. The number of carbonyl (C=O) groups is 1. The van der Waals surface area contributed by atoms with Crippen molar-refractivity contribution in [2.24, 2.45) is 0 Å². The quantitative estimate of drug-likeness (QED) is 0.553. The molecule has 0 saturated heterocycles. The van der Waals surface area contributed by atoms with E-state index >= 15 is 0 Å². The summed E-state index contributed by atoms with van der Waals surface area (Å²) in [5.74, 6) is -0.274. The van der Waals surface area contributed by atoms with Gasteiger partial charge in [-0.3, -0.25) is 9.59 Å². The molecule has 0 atom stereocenters. The topological polar surface area (TPSA) is 76.9 Å². The summed E-state index contributed by atoms with van der Waals surface area (Å²) in [5, 5.41) is 8.15. The highest BCUT2D eigenvalue weighted by atomic mass is 32.1. The third kappa shape index (κ3) is 4.09. The van der Waals surface area contributed by atoms with Crippen molar-refractivity contribution < 1.29 is 4.79 Å². The van der Waals surface area contributed by atoms with Crippen LogP contribution < -0.4 is 10.9 Å². The Bertz CT molecular complexity index is 1230. The van der Waals surface area contributed by atoms with Crippen LogP contribution in [0.1, 0.15) is 16.1 Å². The Balaban J connectivity index is 1.67. The molecule has 0 aliphatic heterocycles. The molecule has 1 amide bonds. The molecule has 0 aliphatic carbocycles. The smallest absolute Gasteiger partial charge is 0.294 e. The predicted octanol–water partition coefficient (Wildman–Crippen LogP) is 3.45. The Hall–Kier alpha value is -3.32. The number of hydrogen-bond acceptors (Lipinski definition) is 5. The molecule has 4 aromatic rings. The molecule has 1 N–H and O–H groups in total. The van der Waals surface area contributed by atoms with Crippen molar-refractivity contribution >= 4 is 27.5 Å². The number of benzene rings is 2. The maximum absolute atomic E-state index is 12.9. The molecule has 0 saturated carbocycles. The van der Waals surface area contributed by atoms with Gasteiger partial charge in [0, 0.05) is 12.1 Å². The van der Waals surface area contributed by atoms with Crippen LogP contribution in [0, 0.1) is 13.8 Å². The monoisotopic (exact) mass is 404 g/mol. The molecule has 2 aromatic carbocycles. The number of rotatable bonds is 5. The van der Waals surface area contributed by atoms with E-state index in [0.29, 0.717) is 17.8 Å². The molecule has 4 rings (SSSR count). The van der Waals surface area contributed by atoms with E-state index in [2.05, 4.69) is 15.4 Å². The fourth-order valence-corrected chi connectivity index (χ4v) is 3.98. The first-order chi connectivity index (χ1) is 14.0. The minimum absolute atomic E-state index is 0.156.